The molecule has 0 atom stereocenters. The molecular weight excluding hydrogens is 445 g/mol. The van der Waals surface area contributed by atoms with Gasteiger partial charge in [0, 0.05) is 52.4 Å². The van der Waals surface area contributed by atoms with Crippen LogP contribution in [-0.4, -0.2) is 69.8 Å². The third-order valence-electron chi connectivity index (χ3n) is 4.03. The number of aliphatic imine (C=N–C) groups is 1. The first kappa shape index (κ1) is 22.7. The minimum atomic E-state index is -0.0543. The summed E-state index contributed by atoms with van der Waals surface area (Å²) in [4.78, 5) is 17.7. The lowest BCUT2D eigenvalue weighted by Crippen LogP contribution is -2.44. The molecule has 146 valence electrons. The Morgan fingerprint density at radius 1 is 1.15 bits per heavy atom. The minimum absolute atomic E-state index is 0. The van der Waals surface area contributed by atoms with Gasteiger partial charge in [0.05, 0.1) is 13.2 Å². The van der Waals surface area contributed by atoms with E-state index in [0.29, 0.717) is 0 Å². The summed E-state index contributed by atoms with van der Waals surface area (Å²) in [5.41, 5.74) is 2.04. The van der Waals surface area contributed by atoms with Crippen molar-refractivity contribution in [3.63, 3.8) is 0 Å². The number of benzene rings is 1. The van der Waals surface area contributed by atoms with Gasteiger partial charge in [-0.25, -0.2) is 0 Å². The van der Waals surface area contributed by atoms with Gasteiger partial charge >= 0.3 is 0 Å². The zero-order valence-electron chi connectivity index (χ0n) is 15.6. The highest BCUT2D eigenvalue weighted by Crippen LogP contribution is 2.09. The first-order valence-corrected chi connectivity index (χ1v) is 8.78. The molecule has 0 aromatic heterocycles. The molecule has 1 heterocycles. The highest BCUT2D eigenvalue weighted by molar-refractivity contribution is 14.0. The van der Waals surface area contributed by atoms with E-state index in [1.807, 2.05) is 24.3 Å². The van der Waals surface area contributed by atoms with Crippen molar-refractivity contribution in [2.45, 2.75) is 13.3 Å². The summed E-state index contributed by atoms with van der Waals surface area (Å²) >= 11 is 0. The van der Waals surface area contributed by atoms with Crippen LogP contribution in [0, 0.1) is 0 Å². The van der Waals surface area contributed by atoms with E-state index in [2.05, 4.69) is 25.8 Å². The van der Waals surface area contributed by atoms with Gasteiger partial charge in [-0.05, 0) is 24.1 Å². The lowest BCUT2D eigenvalue weighted by Gasteiger charge is -2.26. The first-order chi connectivity index (χ1) is 12.2. The fraction of sp³-hybridized carbons (Fsp3) is 0.556. The summed E-state index contributed by atoms with van der Waals surface area (Å²) in [5.74, 6) is 0.768. The third-order valence-corrected chi connectivity index (χ3v) is 4.03. The van der Waals surface area contributed by atoms with E-state index >= 15 is 0 Å². The SMILES string of the molecule is CN=C(NCCc1ccc(NC(C)=O)cc1)NCCN1CCOCC1.I. The zero-order chi connectivity index (χ0) is 17.9. The van der Waals surface area contributed by atoms with Gasteiger partial charge in [0.15, 0.2) is 5.96 Å². The molecule has 0 aliphatic carbocycles. The molecule has 0 spiro atoms. The molecule has 1 aromatic carbocycles. The Kier molecular flexibility index (Phi) is 11.2. The van der Waals surface area contributed by atoms with Crippen molar-refractivity contribution < 1.29 is 9.53 Å². The highest BCUT2D eigenvalue weighted by atomic mass is 127. The average molecular weight is 475 g/mol. The van der Waals surface area contributed by atoms with E-state index in [9.17, 15) is 4.79 Å². The number of carbonyl (C=O) groups excluding carboxylic acids is 1. The van der Waals surface area contributed by atoms with Crippen LogP contribution in [0.5, 0.6) is 0 Å². The van der Waals surface area contributed by atoms with E-state index in [4.69, 9.17) is 4.74 Å². The lowest BCUT2D eigenvalue weighted by atomic mass is 10.1. The first-order valence-electron chi connectivity index (χ1n) is 8.78. The molecule has 0 unspecified atom stereocenters. The maximum atomic E-state index is 11.0. The van der Waals surface area contributed by atoms with Gasteiger partial charge in [0.25, 0.3) is 0 Å². The number of ether oxygens (including phenoxy) is 1. The van der Waals surface area contributed by atoms with Gasteiger partial charge in [-0.1, -0.05) is 12.1 Å². The Hall–Kier alpha value is -1.39. The number of amides is 1. The number of nitrogens with zero attached hydrogens (tertiary/aromatic N) is 2. The van der Waals surface area contributed by atoms with Crippen LogP contribution in [0.15, 0.2) is 29.3 Å². The third kappa shape index (κ3) is 8.81. The predicted molar refractivity (Wildman–Crippen MR) is 116 cm³/mol. The number of rotatable bonds is 7. The Morgan fingerprint density at radius 3 is 2.42 bits per heavy atom. The van der Waals surface area contributed by atoms with Crippen molar-refractivity contribution in [1.82, 2.24) is 15.5 Å². The molecular formula is C18H30IN5O2. The standard InChI is InChI=1S/C18H29N5O2.HI/c1-15(24)22-17-5-3-16(4-6-17)7-8-20-18(19-2)21-9-10-23-11-13-25-14-12-23;/h3-6H,7-14H2,1-2H3,(H,22,24)(H2,19,20,21);1H. The average Bonchev–Trinajstić information content (AvgIpc) is 2.62. The number of morpholine rings is 1. The Bertz CT molecular complexity index is 559. The number of hydrogen-bond acceptors (Lipinski definition) is 4. The topological polar surface area (TPSA) is 78.0 Å². The second-order valence-corrected chi connectivity index (χ2v) is 6.01. The van der Waals surface area contributed by atoms with Gasteiger partial charge in [-0.2, -0.15) is 0 Å². The van der Waals surface area contributed by atoms with Gasteiger partial charge in [-0.15, -0.1) is 24.0 Å². The molecule has 7 nitrogen and oxygen atoms in total. The van der Waals surface area contributed by atoms with Crippen LogP contribution in [0.3, 0.4) is 0 Å². The Balaban J connectivity index is 0.00000338. The molecule has 1 aliphatic rings. The van der Waals surface area contributed by atoms with Gasteiger partial charge in [0.1, 0.15) is 0 Å². The number of halogens is 1. The molecule has 3 N–H and O–H groups in total. The van der Waals surface area contributed by atoms with Crippen LogP contribution in [0.4, 0.5) is 5.69 Å². The van der Waals surface area contributed by atoms with Crippen LogP contribution in [0.1, 0.15) is 12.5 Å². The van der Waals surface area contributed by atoms with Crippen molar-refractivity contribution >= 4 is 41.5 Å². The van der Waals surface area contributed by atoms with E-state index in [-0.39, 0.29) is 29.9 Å². The van der Waals surface area contributed by atoms with Crippen LogP contribution in [0.2, 0.25) is 0 Å². The number of nitrogens with one attached hydrogen (secondary N) is 3. The van der Waals surface area contributed by atoms with Gasteiger partial charge < -0.3 is 20.7 Å². The highest BCUT2D eigenvalue weighted by Gasteiger charge is 2.09. The monoisotopic (exact) mass is 475 g/mol. The van der Waals surface area contributed by atoms with E-state index < -0.39 is 0 Å². The molecule has 26 heavy (non-hydrogen) atoms. The van der Waals surface area contributed by atoms with Crippen LogP contribution in [-0.2, 0) is 16.0 Å². The number of carbonyl (C=O) groups is 1. The number of anilines is 1. The molecule has 1 aliphatic heterocycles. The largest absolute Gasteiger partial charge is 0.379 e. The van der Waals surface area contributed by atoms with Crippen molar-refractivity contribution in [2.75, 3.05) is 58.3 Å². The minimum Gasteiger partial charge on any atom is -0.379 e. The maximum Gasteiger partial charge on any atom is 0.221 e. The predicted octanol–water partition coefficient (Wildman–Crippen LogP) is 1.30. The fourth-order valence-corrected chi connectivity index (χ4v) is 2.66. The zero-order valence-corrected chi connectivity index (χ0v) is 17.9. The quantitative estimate of drug-likeness (QED) is 0.315. The normalized spacial score (nSPS) is 15.1. The fourth-order valence-electron chi connectivity index (χ4n) is 2.66. The van der Waals surface area contributed by atoms with E-state index in [1.165, 1.54) is 12.5 Å². The second-order valence-electron chi connectivity index (χ2n) is 6.01. The molecule has 1 fully saturated rings. The van der Waals surface area contributed by atoms with Crippen LogP contribution >= 0.6 is 24.0 Å². The van der Waals surface area contributed by atoms with Crippen LogP contribution in [0.25, 0.3) is 0 Å². The molecule has 2 rings (SSSR count). The number of guanidine groups is 1. The molecule has 8 heteroatoms. The molecule has 0 bridgehead atoms. The summed E-state index contributed by atoms with van der Waals surface area (Å²) in [6.07, 6.45) is 0.893. The summed E-state index contributed by atoms with van der Waals surface area (Å²) in [6, 6.07) is 7.90. The lowest BCUT2D eigenvalue weighted by molar-refractivity contribution is -0.114. The second kappa shape index (κ2) is 12.9. The summed E-state index contributed by atoms with van der Waals surface area (Å²) in [6.45, 7) is 7.83. The smallest absolute Gasteiger partial charge is 0.221 e. The van der Waals surface area contributed by atoms with E-state index in [1.54, 1.807) is 7.05 Å². The van der Waals surface area contributed by atoms with Crippen molar-refractivity contribution in [1.29, 1.82) is 0 Å². The van der Waals surface area contributed by atoms with Crippen LogP contribution < -0.4 is 16.0 Å². The van der Waals surface area contributed by atoms with Crippen molar-refractivity contribution in [3.8, 4) is 0 Å². The van der Waals surface area contributed by atoms with Gasteiger partial charge in [-0.3, -0.25) is 14.7 Å². The molecule has 1 amide bonds. The summed E-state index contributed by atoms with van der Waals surface area (Å²) in [7, 11) is 1.78. The van der Waals surface area contributed by atoms with Gasteiger partial charge in [0.2, 0.25) is 5.91 Å². The summed E-state index contributed by atoms with van der Waals surface area (Å²) < 4.78 is 5.35. The summed E-state index contributed by atoms with van der Waals surface area (Å²) in [5, 5.41) is 9.44. The molecule has 0 radical (unpaired) electrons. The molecule has 0 saturated carbocycles. The van der Waals surface area contributed by atoms with E-state index in [0.717, 1.165) is 64.0 Å². The Labute approximate surface area is 173 Å². The molecule has 1 aromatic rings. The van der Waals surface area contributed by atoms with Crippen molar-refractivity contribution in [2.24, 2.45) is 4.99 Å². The number of hydrogen-bond donors (Lipinski definition) is 3. The Morgan fingerprint density at radius 2 is 1.81 bits per heavy atom. The van der Waals surface area contributed by atoms with Crippen molar-refractivity contribution in [3.05, 3.63) is 29.8 Å². The molecule has 1 saturated heterocycles. The maximum absolute atomic E-state index is 11.0.